The second kappa shape index (κ2) is 19.9. The molecule has 8 aromatic carbocycles. The van der Waals surface area contributed by atoms with E-state index in [1.807, 2.05) is 122 Å². The number of rotatable bonds is 10. The number of carbonyl (C=O) groups is 2. The number of benzene rings is 8. The largest absolute Gasteiger partial charge is 0.505 e. The first-order valence-corrected chi connectivity index (χ1v) is 24.6. The van der Waals surface area contributed by atoms with Gasteiger partial charge in [-0.15, -0.1) is 0 Å². The number of hydrogen-bond acceptors (Lipinski definition) is 6. The number of carbonyl (C=O) groups excluding carboxylic acids is 2. The minimum atomic E-state index is -0.465. The molecule has 1 N–H and O–H groups in total. The summed E-state index contributed by atoms with van der Waals surface area (Å²) in [4.78, 5) is 40.3. The number of pyridine rings is 2. The van der Waals surface area contributed by atoms with E-state index in [-0.39, 0.29) is 29.2 Å². The van der Waals surface area contributed by atoms with Crippen LogP contribution in [0.4, 0.5) is 8.78 Å². The van der Waals surface area contributed by atoms with Gasteiger partial charge in [-0.1, -0.05) is 155 Å². The van der Waals surface area contributed by atoms with Gasteiger partial charge in [-0.3, -0.25) is 19.6 Å². The number of amides is 2. The molecule has 0 saturated carbocycles. The minimum Gasteiger partial charge on any atom is -0.505 e. The molecule has 2 amide bonds. The van der Waals surface area contributed by atoms with Gasteiger partial charge in [-0.2, -0.15) is 0 Å². The third kappa shape index (κ3) is 9.20. The third-order valence-electron chi connectivity index (χ3n) is 13.4. The van der Waals surface area contributed by atoms with Gasteiger partial charge in [0.05, 0.1) is 11.1 Å². The van der Waals surface area contributed by atoms with Crippen LogP contribution < -0.4 is 4.74 Å². The van der Waals surface area contributed by atoms with E-state index in [1.54, 1.807) is 46.5 Å². The standard InChI is InChI=1S/C37H26BrFN2O2.C25H19FN2O2/c38-28-14-7-13-27(21-28)32-30-15-8-20-40-34(30)36(43-35(25-9-3-1-4-10-25)26-11-5-2-6-12-26)33-31(32)23-41(37(33)42)22-24-16-18-29(39)19-17-24;1-15-4-2-5-17(12-15)21-19-6-3-11-27-23(19)24(29)22-20(21)14-28(25(22)30)13-16-7-9-18(26)10-8-16/h1-21,35H,22-23H2;2-12,29H,13-14H2,1H3. The van der Waals surface area contributed by atoms with Gasteiger partial charge in [0.25, 0.3) is 11.8 Å². The first-order valence-electron chi connectivity index (χ1n) is 23.8. The quantitative estimate of drug-likeness (QED) is 0.147. The van der Waals surface area contributed by atoms with Crippen molar-refractivity contribution in [2.24, 2.45) is 0 Å². The minimum absolute atomic E-state index is 0.0800. The Morgan fingerprint density at radius 3 is 1.60 bits per heavy atom. The summed E-state index contributed by atoms with van der Waals surface area (Å²) in [6, 6.07) is 56.3. The topological polar surface area (TPSA) is 95.9 Å². The summed E-state index contributed by atoms with van der Waals surface area (Å²) in [7, 11) is 0. The molecule has 0 unspecified atom stereocenters. The lowest BCUT2D eigenvalue weighted by molar-refractivity contribution is 0.0756. The Labute approximate surface area is 428 Å². The molecule has 2 aromatic heterocycles. The van der Waals surface area contributed by atoms with Crippen LogP contribution in [0.5, 0.6) is 11.5 Å². The van der Waals surface area contributed by atoms with Crippen LogP contribution in [-0.2, 0) is 26.2 Å². The van der Waals surface area contributed by atoms with Gasteiger partial charge in [-0.25, -0.2) is 8.78 Å². The highest BCUT2D eigenvalue weighted by Gasteiger charge is 2.38. The van der Waals surface area contributed by atoms with E-state index < -0.39 is 6.10 Å². The van der Waals surface area contributed by atoms with E-state index >= 15 is 0 Å². The molecule has 73 heavy (non-hydrogen) atoms. The summed E-state index contributed by atoms with van der Waals surface area (Å²) >= 11 is 3.63. The molecule has 2 aliphatic rings. The van der Waals surface area contributed by atoms with Crippen LogP contribution in [0.3, 0.4) is 0 Å². The number of phenolic OH excluding ortho intramolecular Hbond substituents is 1. The number of aromatic hydroxyl groups is 1. The summed E-state index contributed by atoms with van der Waals surface area (Å²) in [5.74, 6) is -0.618. The molecular formula is C62H45BrF2N4O4. The fourth-order valence-corrected chi connectivity index (χ4v) is 10.5. The van der Waals surface area contributed by atoms with Crippen molar-refractivity contribution in [2.45, 2.75) is 39.2 Å². The number of fused-ring (bicyclic) bond motifs is 4. The number of aryl methyl sites for hydroxylation is 1. The van der Waals surface area contributed by atoms with Gasteiger partial charge >= 0.3 is 0 Å². The summed E-state index contributed by atoms with van der Waals surface area (Å²) < 4.78 is 34.8. The van der Waals surface area contributed by atoms with E-state index in [0.717, 1.165) is 76.4 Å². The van der Waals surface area contributed by atoms with Crippen molar-refractivity contribution >= 4 is 49.6 Å². The Morgan fingerprint density at radius 2 is 1.05 bits per heavy atom. The normalized spacial score (nSPS) is 12.8. The Kier molecular flexibility index (Phi) is 12.8. The van der Waals surface area contributed by atoms with E-state index in [0.29, 0.717) is 54.1 Å². The van der Waals surface area contributed by atoms with Crippen LogP contribution in [0.1, 0.15) is 65.8 Å². The smallest absolute Gasteiger partial charge is 0.258 e. The second-order valence-corrected chi connectivity index (χ2v) is 19.1. The highest BCUT2D eigenvalue weighted by Crippen LogP contribution is 2.48. The number of phenols is 1. The first-order chi connectivity index (χ1) is 35.6. The van der Waals surface area contributed by atoms with Gasteiger partial charge in [0.1, 0.15) is 28.8 Å². The van der Waals surface area contributed by atoms with Gasteiger partial charge in [0.2, 0.25) is 0 Å². The van der Waals surface area contributed by atoms with E-state index in [9.17, 15) is 23.5 Å². The zero-order valence-electron chi connectivity index (χ0n) is 39.5. The monoisotopic (exact) mass is 1030 g/mol. The van der Waals surface area contributed by atoms with Crippen LogP contribution in [0, 0.1) is 18.6 Å². The lowest BCUT2D eigenvalue weighted by Gasteiger charge is -2.23. The average molecular weight is 1030 g/mol. The van der Waals surface area contributed by atoms with Gasteiger partial charge in [0, 0.05) is 53.8 Å². The molecular weight excluding hydrogens is 983 g/mol. The van der Waals surface area contributed by atoms with Crippen LogP contribution in [0.15, 0.2) is 199 Å². The molecule has 12 rings (SSSR count). The van der Waals surface area contributed by atoms with E-state index in [1.165, 1.54) is 24.3 Å². The SMILES string of the molecule is Cc1cccc(-c2c3c(c(O)c4ncccc24)C(=O)N(Cc2ccc(F)cc2)C3)c1.O=C1c2c(c(-c3cccc(Br)c3)c3cccnc3c2OC(c2ccccc2)c2ccccc2)CN1Cc1ccc(F)cc1. The molecule has 0 aliphatic carbocycles. The number of nitrogens with zero attached hydrogens (tertiary/aromatic N) is 4. The number of halogens is 3. The summed E-state index contributed by atoms with van der Waals surface area (Å²) in [5.41, 5.74) is 12.1. The zero-order chi connectivity index (χ0) is 50.2. The molecule has 8 nitrogen and oxygen atoms in total. The van der Waals surface area contributed by atoms with Gasteiger partial charge in [-0.05, 0) is 111 Å². The Balaban J connectivity index is 0.000000168. The molecule has 0 fully saturated rings. The first kappa shape index (κ1) is 46.8. The molecule has 0 bridgehead atoms. The van der Waals surface area contributed by atoms with Crippen molar-refractivity contribution in [2.75, 3.05) is 0 Å². The highest BCUT2D eigenvalue weighted by atomic mass is 79.9. The van der Waals surface area contributed by atoms with E-state index in [2.05, 4.69) is 39.1 Å². The van der Waals surface area contributed by atoms with Crippen molar-refractivity contribution in [3.63, 3.8) is 0 Å². The zero-order valence-corrected chi connectivity index (χ0v) is 41.1. The lowest BCUT2D eigenvalue weighted by Crippen LogP contribution is -2.23. The molecule has 11 heteroatoms. The molecule has 10 aromatic rings. The Bertz CT molecular complexity index is 3690. The van der Waals surface area contributed by atoms with Crippen molar-refractivity contribution in [1.29, 1.82) is 0 Å². The molecule has 0 spiro atoms. The summed E-state index contributed by atoms with van der Waals surface area (Å²) in [6.45, 7) is 3.46. The van der Waals surface area contributed by atoms with Crippen LogP contribution in [-0.4, -0.2) is 36.7 Å². The molecule has 0 radical (unpaired) electrons. The molecule has 4 heterocycles. The fraction of sp³-hybridized carbons (Fsp3) is 0.0968. The molecule has 0 saturated heterocycles. The Hall–Kier alpha value is -8.54. The maximum Gasteiger partial charge on any atom is 0.258 e. The van der Waals surface area contributed by atoms with Crippen LogP contribution >= 0.6 is 15.9 Å². The van der Waals surface area contributed by atoms with Crippen molar-refractivity contribution < 1.29 is 28.2 Å². The number of ether oxygens (including phenoxy) is 1. The van der Waals surface area contributed by atoms with Crippen molar-refractivity contribution in [1.82, 2.24) is 19.8 Å². The number of hydrogen-bond donors (Lipinski definition) is 1. The predicted molar refractivity (Wildman–Crippen MR) is 284 cm³/mol. The highest BCUT2D eigenvalue weighted by molar-refractivity contribution is 9.10. The van der Waals surface area contributed by atoms with Crippen molar-refractivity contribution in [3.8, 4) is 33.8 Å². The average Bonchev–Trinajstić information content (AvgIpc) is 3.91. The van der Waals surface area contributed by atoms with Crippen molar-refractivity contribution in [3.05, 3.63) is 261 Å². The van der Waals surface area contributed by atoms with Gasteiger partial charge in [0.15, 0.2) is 11.5 Å². The fourth-order valence-electron chi connectivity index (χ4n) is 10.1. The Morgan fingerprint density at radius 1 is 0.562 bits per heavy atom. The summed E-state index contributed by atoms with van der Waals surface area (Å²) in [5, 5.41) is 12.7. The second-order valence-electron chi connectivity index (χ2n) is 18.2. The lowest BCUT2D eigenvalue weighted by atomic mass is 9.91. The van der Waals surface area contributed by atoms with E-state index in [4.69, 9.17) is 9.72 Å². The third-order valence-corrected chi connectivity index (χ3v) is 13.9. The van der Waals surface area contributed by atoms with Crippen LogP contribution in [0.2, 0.25) is 0 Å². The maximum atomic E-state index is 14.4. The van der Waals surface area contributed by atoms with Crippen LogP contribution in [0.25, 0.3) is 44.1 Å². The predicted octanol–water partition coefficient (Wildman–Crippen LogP) is 14.3. The summed E-state index contributed by atoms with van der Waals surface area (Å²) in [6.07, 6.45) is 2.89. The molecule has 358 valence electrons. The maximum absolute atomic E-state index is 14.4. The molecule has 0 atom stereocenters. The number of aromatic nitrogens is 2. The molecule has 2 aliphatic heterocycles. The van der Waals surface area contributed by atoms with Gasteiger partial charge < -0.3 is 19.6 Å².